The molecule has 168 valence electrons. The Bertz CT molecular complexity index is 1240. The fourth-order valence-corrected chi connectivity index (χ4v) is 4.12. The third-order valence-electron chi connectivity index (χ3n) is 4.71. The van der Waals surface area contributed by atoms with Gasteiger partial charge in [-0.2, -0.15) is 23.3 Å². The van der Waals surface area contributed by atoms with Gasteiger partial charge in [-0.05, 0) is 23.3 Å². The van der Waals surface area contributed by atoms with E-state index in [0.717, 1.165) is 10.9 Å². The second-order valence-corrected chi connectivity index (χ2v) is 8.42. The number of rotatable bonds is 4. The number of alkyl halides is 3. The normalized spacial score (nSPS) is 16.9. The summed E-state index contributed by atoms with van der Waals surface area (Å²) in [5.41, 5.74) is 0.391. The largest absolute Gasteiger partial charge is 0.443 e. The van der Waals surface area contributed by atoms with E-state index in [1.807, 2.05) is 0 Å². The van der Waals surface area contributed by atoms with E-state index in [0.29, 0.717) is 29.0 Å². The molecule has 3 aromatic rings. The molecular formula is C19H14ClF4N5O2S. The van der Waals surface area contributed by atoms with Crippen LogP contribution in [-0.4, -0.2) is 44.0 Å². The lowest BCUT2D eigenvalue weighted by molar-refractivity contribution is -0.137. The molecule has 32 heavy (non-hydrogen) atoms. The average molecular weight is 488 g/mol. The van der Waals surface area contributed by atoms with Crippen molar-refractivity contribution in [3.63, 3.8) is 0 Å². The zero-order chi connectivity index (χ0) is 23.0. The van der Waals surface area contributed by atoms with Crippen LogP contribution in [-0.2, 0) is 12.7 Å². The monoisotopic (exact) mass is 487 g/mol. The molecule has 3 heterocycles. The Balaban J connectivity index is 1.50. The van der Waals surface area contributed by atoms with E-state index in [9.17, 15) is 27.5 Å². The van der Waals surface area contributed by atoms with E-state index in [4.69, 9.17) is 11.6 Å². The van der Waals surface area contributed by atoms with E-state index < -0.39 is 28.8 Å². The summed E-state index contributed by atoms with van der Waals surface area (Å²) >= 11 is 6.24. The van der Waals surface area contributed by atoms with Gasteiger partial charge < -0.3 is 10.0 Å². The number of nitrogens with zero attached hydrogens (tertiary/aromatic N) is 5. The third kappa shape index (κ3) is 4.66. The van der Waals surface area contributed by atoms with Crippen molar-refractivity contribution >= 4 is 34.3 Å². The van der Waals surface area contributed by atoms with Crippen LogP contribution in [0.15, 0.2) is 41.5 Å². The van der Waals surface area contributed by atoms with Crippen LogP contribution in [0.25, 0.3) is 5.57 Å². The summed E-state index contributed by atoms with van der Waals surface area (Å²) in [6.45, 7) is 0.198. The first-order valence-electron chi connectivity index (χ1n) is 9.16. The molecular weight excluding hydrogens is 474 g/mol. The topological polar surface area (TPSA) is 84.1 Å². The van der Waals surface area contributed by atoms with Crippen LogP contribution >= 0.6 is 22.9 Å². The van der Waals surface area contributed by atoms with E-state index >= 15 is 0 Å². The molecule has 1 aliphatic heterocycles. The summed E-state index contributed by atoms with van der Waals surface area (Å²) in [4.78, 5) is 21.4. The number of β-amino-alcohol motifs (C(OH)–C–C–N with tert-alkyl or cyclic N) is 1. The maximum Gasteiger partial charge on any atom is 0.443 e. The van der Waals surface area contributed by atoms with Crippen LogP contribution in [0.3, 0.4) is 0 Å². The molecule has 1 unspecified atom stereocenters. The van der Waals surface area contributed by atoms with Gasteiger partial charge in [0.05, 0.1) is 23.9 Å². The molecule has 0 saturated heterocycles. The Morgan fingerprint density at radius 1 is 1.28 bits per heavy atom. The first kappa shape index (κ1) is 22.4. The molecule has 0 aliphatic carbocycles. The highest BCUT2D eigenvalue weighted by Crippen LogP contribution is 2.32. The lowest BCUT2D eigenvalue weighted by Crippen LogP contribution is -2.39. The minimum absolute atomic E-state index is 0.0594. The number of aromatic nitrogens is 4. The summed E-state index contributed by atoms with van der Waals surface area (Å²) in [6.07, 6.45) is -1.45. The van der Waals surface area contributed by atoms with Crippen LogP contribution in [0.5, 0.6) is 0 Å². The number of aliphatic hydroxyl groups is 1. The van der Waals surface area contributed by atoms with Crippen molar-refractivity contribution in [1.82, 2.24) is 19.7 Å². The average Bonchev–Trinajstić information content (AvgIpc) is 3.21. The van der Waals surface area contributed by atoms with Crippen molar-refractivity contribution in [2.75, 3.05) is 18.0 Å². The van der Waals surface area contributed by atoms with Gasteiger partial charge in [0.25, 0.3) is 0 Å². The summed E-state index contributed by atoms with van der Waals surface area (Å²) in [6, 6.07) is 4.15. The summed E-state index contributed by atoms with van der Waals surface area (Å²) in [5, 5.41) is 13.4. The number of halogens is 5. The number of thiazole rings is 1. The van der Waals surface area contributed by atoms with Crippen LogP contribution in [0, 0.1) is 5.82 Å². The molecule has 0 spiro atoms. The minimum Gasteiger partial charge on any atom is -0.387 e. The lowest BCUT2D eigenvalue weighted by atomic mass is 9.97. The fraction of sp³-hybridized carbons (Fsp3) is 0.263. The summed E-state index contributed by atoms with van der Waals surface area (Å²) in [7, 11) is 0. The molecule has 1 atom stereocenters. The molecule has 1 aliphatic rings. The van der Waals surface area contributed by atoms with Gasteiger partial charge in [-0.1, -0.05) is 23.7 Å². The Hall–Kier alpha value is -2.83. The van der Waals surface area contributed by atoms with Crippen LogP contribution < -0.4 is 10.6 Å². The molecule has 0 saturated carbocycles. The quantitative estimate of drug-likeness (QED) is 0.569. The minimum atomic E-state index is -4.55. The van der Waals surface area contributed by atoms with Gasteiger partial charge in [0, 0.05) is 24.2 Å². The lowest BCUT2D eigenvalue weighted by Gasteiger charge is -2.31. The number of benzene rings is 1. The first-order valence-corrected chi connectivity index (χ1v) is 10.4. The number of hydrogen-bond acceptors (Lipinski definition) is 7. The fourth-order valence-electron chi connectivity index (χ4n) is 3.17. The zero-order valence-electron chi connectivity index (χ0n) is 16.1. The van der Waals surface area contributed by atoms with Gasteiger partial charge in [0.15, 0.2) is 10.8 Å². The maximum atomic E-state index is 13.4. The van der Waals surface area contributed by atoms with Crippen LogP contribution in [0.4, 0.5) is 23.4 Å². The number of anilines is 1. The van der Waals surface area contributed by atoms with E-state index in [-0.39, 0.29) is 28.8 Å². The van der Waals surface area contributed by atoms with Crippen molar-refractivity contribution in [2.45, 2.75) is 18.8 Å². The summed E-state index contributed by atoms with van der Waals surface area (Å²) < 4.78 is 52.4. The Labute approximate surface area is 187 Å². The second-order valence-electron chi connectivity index (χ2n) is 6.89. The SMILES string of the molecule is O=c1nc(N2CC=C(c3ccc(F)c(Cl)c3)C(O)C2)cnn1Cc1cnc(C(F)(F)F)s1. The van der Waals surface area contributed by atoms with Crippen molar-refractivity contribution in [3.8, 4) is 0 Å². The highest BCUT2D eigenvalue weighted by molar-refractivity contribution is 7.11. The highest BCUT2D eigenvalue weighted by Gasteiger charge is 2.34. The summed E-state index contributed by atoms with van der Waals surface area (Å²) in [5.74, 6) is -0.357. The molecule has 0 amide bonds. The van der Waals surface area contributed by atoms with E-state index in [1.165, 1.54) is 24.4 Å². The van der Waals surface area contributed by atoms with Crippen molar-refractivity contribution < 1.29 is 22.7 Å². The van der Waals surface area contributed by atoms with E-state index in [1.54, 1.807) is 11.0 Å². The molecule has 0 bridgehead atoms. The molecule has 13 heteroatoms. The third-order valence-corrected chi connectivity index (χ3v) is 6.02. The first-order chi connectivity index (χ1) is 15.1. The molecule has 1 N–H and O–H groups in total. The Morgan fingerprint density at radius 3 is 2.69 bits per heavy atom. The van der Waals surface area contributed by atoms with Gasteiger partial charge in [0.2, 0.25) is 0 Å². The van der Waals surface area contributed by atoms with Gasteiger partial charge in [0.1, 0.15) is 5.82 Å². The number of hydrogen-bond donors (Lipinski definition) is 1. The molecule has 1 aromatic carbocycles. The molecule has 0 fully saturated rings. The van der Waals surface area contributed by atoms with Gasteiger partial charge in [-0.3, -0.25) is 0 Å². The van der Waals surface area contributed by atoms with Gasteiger partial charge >= 0.3 is 11.9 Å². The van der Waals surface area contributed by atoms with Gasteiger partial charge in [-0.25, -0.2) is 18.9 Å². The number of aliphatic hydroxyl groups excluding tert-OH is 1. The van der Waals surface area contributed by atoms with Crippen molar-refractivity contribution in [2.24, 2.45) is 0 Å². The van der Waals surface area contributed by atoms with Crippen LogP contribution in [0.2, 0.25) is 5.02 Å². The van der Waals surface area contributed by atoms with Crippen LogP contribution in [0.1, 0.15) is 15.4 Å². The molecule has 0 radical (unpaired) electrons. The Kier molecular flexibility index (Phi) is 6.01. The van der Waals surface area contributed by atoms with Gasteiger partial charge in [-0.15, -0.1) is 11.3 Å². The molecule has 7 nitrogen and oxygen atoms in total. The smallest absolute Gasteiger partial charge is 0.387 e. The predicted octanol–water partition coefficient (Wildman–Crippen LogP) is 3.22. The van der Waals surface area contributed by atoms with Crippen molar-refractivity contribution in [1.29, 1.82) is 0 Å². The molecule has 4 rings (SSSR count). The Morgan fingerprint density at radius 2 is 2.06 bits per heavy atom. The predicted molar refractivity (Wildman–Crippen MR) is 110 cm³/mol. The molecule has 2 aromatic heterocycles. The highest BCUT2D eigenvalue weighted by atomic mass is 35.5. The van der Waals surface area contributed by atoms with E-state index in [2.05, 4.69) is 15.1 Å². The maximum absolute atomic E-state index is 13.4. The standard InChI is InChI=1S/C19H14ClF4N5O2S/c20-13-5-10(1-2-14(13)21)12-3-4-28(9-15(12)30)16-7-26-29(18(31)27-16)8-11-6-25-17(32-11)19(22,23)24/h1-3,5-7,15,30H,4,8-9H2. The van der Waals surface area contributed by atoms with Crippen molar-refractivity contribution in [3.05, 3.63) is 73.4 Å². The second kappa shape index (κ2) is 8.60. The zero-order valence-corrected chi connectivity index (χ0v) is 17.6.